The molecule has 1 unspecified atom stereocenters. The van der Waals surface area contributed by atoms with E-state index in [-0.39, 0.29) is 24.9 Å². The molecule has 6 nitrogen and oxygen atoms in total. The second-order valence-electron chi connectivity index (χ2n) is 5.82. The largest absolute Gasteiger partial charge is 0.493 e. The van der Waals surface area contributed by atoms with Gasteiger partial charge in [-0.1, -0.05) is 18.5 Å². The predicted octanol–water partition coefficient (Wildman–Crippen LogP) is 3.51. The molecule has 1 aliphatic heterocycles. The Labute approximate surface area is 164 Å². The SMILES string of the molecule is CCCOc1c(Cl)cc(C=CC(=O)N2CCC(C(=O)O)C2)cc1OC.Cl. The van der Waals surface area contributed by atoms with Crippen LogP contribution in [0.2, 0.25) is 5.02 Å². The van der Waals surface area contributed by atoms with Crippen LogP contribution < -0.4 is 9.47 Å². The number of carbonyl (C=O) groups excluding carboxylic acids is 1. The van der Waals surface area contributed by atoms with Gasteiger partial charge < -0.3 is 19.5 Å². The number of hydrogen-bond donors (Lipinski definition) is 1. The lowest BCUT2D eigenvalue weighted by Gasteiger charge is -2.14. The second-order valence-corrected chi connectivity index (χ2v) is 6.23. The number of aliphatic carboxylic acids is 1. The van der Waals surface area contributed by atoms with Crippen LogP contribution in [0.15, 0.2) is 18.2 Å². The van der Waals surface area contributed by atoms with Crippen molar-refractivity contribution in [2.24, 2.45) is 5.92 Å². The molecule has 1 fully saturated rings. The van der Waals surface area contributed by atoms with Gasteiger partial charge in [-0.3, -0.25) is 9.59 Å². The molecule has 2 rings (SSSR count). The van der Waals surface area contributed by atoms with E-state index in [1.54, 1.807) is 18.2 Å². The molecule has 0 saturated carbocycles. The van der Waals surface area contributed by atoms with E-state index < -0.39 is 11.9 Å². The van der Waals surface area contributed by atoms with Gasteiger partial charge in [0.2, 0.25) is 5.91 Å². The van der Waals surface area contributed by atoms with Crippen molar-refractivity contribution in [2.75, 3.05) is 26.8 Å². The summed E-state index contributed by atoms with van der Waals surface area (Å²) in [5.74, 6) is -0.580. The van der Waals surface area contributed by atoms with Gasteiger partial charge in [-0.2, -0.15) is 0 Å². The Balaban J connectivity index is 0.00000338. The lowest BCUT2D eigenvalue weighted by Crippen LogP contribution is -2.28. The fraction of sp³-hybridized carbons (Fsp3) is 0.444. The van der Waals surface area contributed by atoms with Gasteiger partial charge in [0.15, 0.2) is 11.5 Å². The van der Waals surface area contributed by atoms with Crippen molar-refractivity contribution in [2.45, 2.75) is 19.8 Å². The Morgan fingerprint density at radius 3 is 2.73 bits per heavy atom. The Kier molecular flexibility index (Phi) is 8.75. The topological polar surface area (TPSA) is 76.1 Å². The first-order valence-electron chi connectivity index (χ1n) is 8.16. The summed E-state index contributed by atoms with van der Waals surface area (Å²) in [4.78, 5) is 24.7. The number of carboxylic acid groups (broad SMARTS) is 1. The molecule has 1 N–H and O–H groups in total. The van der Waals surface area contributed by atoms with Gasteiger partial charge in [0, 0.05) is 19.2 Å². The van der Waals surface area contributed by atoms with Gasteiger partial charge in [0.25, 0.3) is 0 Å². The fourth-order valence-corrected chi connectivity index (χ4v) is 2.89. The molecule has 1 aromatic rings. The standard InChI is InChI=1S/C18H22ClNO5.ClH/c1-3-8-25-17-14(19)9-12(10-15(17)24-2)4-5-16(21)20-7-6-13(11-20)18(22)23;/h4-5,9-10,13H,3,6-8,11H2,1-2H3,(H,22,23);1H. The van der Waals surface area contributed by atoms with E-state index in [0.717, 1.165) is 6.42 Å². The first-order valence-corrected chi connectivity index (χ1v) is 8.54. The number of amides is 1. The highest BCUT2D eigenvalue weighted by molar-refractivity contribution is 6.32. The molecule has 1 saturated heterocycles. The Bertz CT molecular complexity index is 678. The Morgan fingerprint density at radius 1 is 1.42 bits per heavy atom. The number of benzene rings is 1. The Morgan fingerprint density at radius 2 is 2.15 bits per heavy atom. The van der Waals surface area contributed by atoms with Crippen molar-refractivity contribution >= 4 is 42.0 Å². The molecule has 0 bridgehead atoms. The van der Waals surface area contributed by atoms with Crippen molar-refractivity contribution in [3.8, 4) is 11.5 Å². The van der Waals surface area contributed by atoms with E-state index in [1.807, 2.05) is 6.92 Å². The number of halogens is 2. The van der Waals surface area contributed by atoms with E-state index in [2.05, 4.69) is 0 Å². The van der Waals surface area contributed by atoms with Gasteiger partial charge in [-0.25, -0.2) is 0 Å². The van der Waals surface area contributed by atoms with E-state index in [1.165, 1.54) is 18.1 Å². The van der Waals surface area contributed by atoms with Crippen LogP contribution in [0.25, 0.3) is 6.08 Å². The number of carbonyl (C=O) groups is 2. The lowest BCUT2D eigenvalue weighted by molar-refractivity contribution is -0.141. The smallest absolute Gasteiger partial charge is 0.308 e. The molecule has 1 aromatic carbocycles. The van der Waals surface area contributed by atoms with Crippen LogP contribution in [0.5, 0.6) is 11.5 Å². The van der Waals surface area contributed by atoms with Crippen LogP contribution in [0.4, 0.5) is 0 Å². The fourth-order valence-electron chi connectivity index (χ4n) is 2.62. The third-order valence-electron chi connectivity index (χ3n) is 3.97. The highest BCUT2D eigenvalue weighted by atomic mass is 35.5. The quantitative estimate of drug-likeness (QED) is 0.704. The van der Waals surface area contributed by atoms with Gasteiger partial charge in [-0.05, 0) is 36.6 Å². The predicted molar refractivity (Wildman–Crippen MR) is 102 cm³/mol. The van der Waals surface area contributed by atoms with Crippen LogP contribution in [0.1, 0.15) is 25.3 Å². The van der Waals surface area contributed by atoms with Crippen molar-refractivity contribution in [3.63, 3.8) is 0 Å². The summed E-state index contributed by atoms with van der Waals surface area (Å²) in [6.45, 7) is 3.22. The molecule has 1 aliphatic rings. The van der Waals surface area contributed by atoms with Gasteiger partial charge in [0.1, 0.15) is 0 Å². The summed E-state index contributed by atoms with van der Waals surface area (Å²) in [7, 11) is 1.53. The molecule has 1 atom stereocenters. The molecular weight excluding hydrogens is 381 g/mol. The van der Waals surface area contributed by atoms with Crippen molar-refractivity contribution in [1.29, 1.82) is 0 Å². The molecule has 0 radical (unpaired) electrons. The monoisotopic (exact) mass is 403 g/mol. The highest BCUT2D eigenvalue weighted by Crippen LogP contribution is 2.36. The van der Waals surface area contributed by atoms with E-state index in [4.69, 9.17) is 26.2 Å². The molecular formula is C18H23Cl2NO5. The minimum Gasteiger partial charge on any atom is -0.493 e. The first-order chi connectivity index (χ1) is 12.0. The maximum atomic E-state index is 12.2. The lowest BCUT2D eigenvalue weighted by atomic mass is 10.1. The number of methoxy groups -OCH3 is 1. The third-order valence-corrected chi connectivity index (χ3v) is 4.25. The summed E-state index contributed by atoms with van der Waals surface area (Å²) in [5, 5.41) is 9.41. The normalized spacial score (nSPS) is 16.4. The van der Waals surface area contributed by atoms with Crippen LogP contribution in [-0.4, -0.2) is 48.7 Å². The number of nitrogens with zero attached hydrogens (tertiary/aromatic N) is 1. The summed E-state index contributed by atoms with van der Waals surface area (Å²) in [5.41, 5.74) is 0.702. The molecule has 144 valence electrons. The van der Waals surface area contributed by atoms with E-state index >= 15 is 0 Å². The van der Waals surface area contributed by atoms with Crippen LogP contribution in [0.3, 0.4) is 0 Å². The number of likely N-dealkylation sites (tertiary alicyclic amines) is 1. The first kappa shape index (κ1) is 22.1. The number of ether oxygens (including phenoxy) is 2. The molecule has 8 heteroatoms. The number of rotatable bonds is 7. The minimum atomic E-state index is -0.863. The van der Waals surface area contributed by atoms with Gasteiger partial charge in [-0.15, -0.1) is 12.4 Å². The van der Waals surface area contributed by atoms with Crippen LogP contribution in [0, 0.1) is 5.92 Å². The molecule has 1 amide bonds. The zero-order valence-corrected chi connectivity index (χ0v) is 16.3. The maximum absolute atomic E-state index is 12.2. The van der Waals surface area contributed by atoms with Gasteiger partial charge in [0.05, 0.1) is 24.7 Å². The zero-order chi connectivity index (χ0) is 18.4. The summed E-state index contributed by atoms with van der Waals surface area (Å²) >= 11 is 6.25. The summed E-state index contributed by atoms with van der Waals surface area (Å²) < 4.78 is 10.9. The molecule has 0 aromatic heterocycles. The van der Waals surface area contributed by atoms with Crippen LogP contribution in [-0.2, 0) is 9.59 Å². The average molecular weight is 404 g/mol. The van der Waals surface area contributed by atoms with E-state index in [0.29, 0.717) is 41.7 Å². The Hall–Kier alpha value is -1.92. The third kappa shape index (κ3) is 5.54. The van der Waals surface area contributed by atoms with Crippen molar-refractivity contribution < 1.29 is 24.2 Å². The van der Waals surface area contributed by atoms with Crippen LogP contribution >= 0.6 is 24.0 Å². The summed E-state index contributed by atoms with van der Waals surface area (Å²) in [6, 6.07) is 3.44. The number of carboxylic acids is 1. The average Bonchev–Trinajstić information content (AvgIpc) is 3.08. The van der Waals surface area contributed by atoms with Gasteiger partial charge >= 0.3 is 5.97 Å². The molecule has 0 aliphatic carbocycles. The minimum absolute atomic E-state index is 0. The highest BCUT2D eigenvalue weighted by Gasteiger charge is 2.29. The summed E-state index contributed by atoms with van der Waals surface area (Å²) in [6.07, 6.45) is 4.39. The number of hydrogen-bond acceptors (Lipinski definition) is 4. The van der Waals surface area contributed by atoms with Crippen molar-refractivity contribution in [1.82, 2.24) is 4.90 Å². The zero-order valence-electron chi connectivity index (χ0n) is 14.7. The molecule has 1 heterocycles. The van der Waals surface area contributed by atoms with E-state index in [9.17, 15) is 9.59 Å². The van der Waals surface area contributed by atoms with Crippen molar-refractivity contribution in [3.05, 3.63) is 28.8 Å². The second kappa shape index (κ2) is 10.3. The molecule has 0 spiro atoms. The molecule has 26 heavy (non-hydrogen) atoms. The maximum Gasteiger partial charge on any atom is 0.308 e.